The largest absolute Gasteiger partial charge is 0.434 e. The molecule has 1 amide bonds. The van der Waals surface area contributed by atoms with Crippen molar-refractivity contribution in [3.63, 3.8) is 0 Å². The fourth-order valence-electron chi connectivity index (χ4n) is 6.30. The molecule has 1 aromatic rings. The Kier molecular flexibility index (Phi) is 4.98. The van der Waals surface area contributed by atoms with E-state index in [9.17, 15) is 13.6 Å². The Morgan fingerprint density at radius 2 is 1.93 bits per heavy atom. The second-order valence-electron chi connectivity index (χ2n) is 8.99. The van der Waals surface area contributed by atoms with E-state index in [1.807, 2.05) is 6.92 Å². The smallest absolute Gasteiger partial charge is 0.387 e. The average molecular weight is 442 g/mol. The van der Waals surface area contributed by atoms with Gasteiger partial charge in [0.2, 0.25) is 5.91 Å². The van der Waals surface area contributed by atoms with Gasteiger partial charge in [-0.1, -0.05) is 34.1 Å². The summed E-state index contributed by atoms with van der Waals surface area (Å²) in [6.45, 7) is -1.06. The maximum Gasteiger partial charge on any atom is 0.387 e. The molecular formula is C21H26BrF2NO2. The molecule has 0 spiro atoms. The Balaban J connectivity index is 1.43. The Morgan fingerprint density at radius 1 is 1.26 bits per heavy atom. The van der Waals surface area contributed by atoms with Crippen molar-refractivity contribution in [2.45, 2.75) is 68.8 Å². The van der Waals surface area contributed by atoms with Gasteiger partial charge in [0.1, 0.15) is 5.75 Å². The van der Waals surface area contributed by atoms with Crippen LogP contribution in [0, 0.1) is 17.3 Å². The molecule has 148 valence electrons. The summed E-state index contributed by atoms with van der Waals surface area (Å²) in [6, 6.07) is 6.28. The summed E-state index contributed by atoms with van der Waals surface area (Å²) in [5, 5.41) is 3.02. The predicted octanol–water partition coefficient (Wildman–Crippen LogP) is 5.59. The molecule has 4 bridgehead atoms. The van der Waals surface area contributed by atoms with E-state index >= 15 is 0 Å². The van der Waals surface area contributed by atoms with E-state index in [1.165, 1.54) is 25.3 Å². The van der Waals surface area contributed by atoms with Crippen molar-refractivity contribution in [2.75, 3.05) is 0 Å². The summed E-state index contributed by atoms with van der Waals surface area (Å²) in [5.41, 5.74) is 0.671. The fourth-order valence-corrected chi connectivity index (χ4v) is 7.81. The monoisotopic (exact) mass is 441 g/mol. The van der Waals surface area contributed by atoms with Gasteiger partial charge < -0.3 is 10.1 Å². The molecule has 4 aliphatic carbocycles. The third-order valence-corrected chi connectivity index (χ3v) is 7.55. The molecule has 1 N–H and O–H groups in total. The maximum atomic E-state index is 12.8. The highest BCUT2D eigenvalue weighted by molar-refractivity contribution is 9.10. The molecule has 1 aromatic carbocycles. The number of halogens is 3. The van der Waals surface area contributed by atoms with Crippen molar-refractivity contribution in [1.82, 2.24) is 5.32 Å². The van der Waals surface area contributed by atoms with Crippen LogP contribution in [0.3, 0.4) is 0 Å². The van der Waals surface area contributed by atoms with Crippen LogP contribution >= 0.6 is 15.9 Å². The number of benzene rings is 1. The highest BCUT2D eigenvalue weighted by Gasteiger charge is 2.57. The van der Waals surface area contributed by atoms with Crippen LogP contribution in [0.1, 0.15) is 63.5 Å². The van der Waals surface area contributed by atoms with Crippen LogP contribution in [0.5, 0.6) is 5.75 Å². The van der Waals surface area contributed by atoms with Crippen molar-refractivity contribution in [3.05, 3.63) is 29.8 Å². The van der Waals surface area contributed by atoms with Crippen molar-refractivity contribution in [3.8, 4) is 5.75 Å². The molecule has 0 radical (unpaired) electrons. The summed E-state index contributed by atoms with van der Waals surface area (Å²) in [7, 11) is 0. The molecule has 0 aliphatic heterocycles. The van der Waals surface area contributed by atoms with E-state index < -0.39 is 6.61 Å². The second-order valence-corrected chi connectivity index (χ2v) is 10.7. The molecule has 0 unspecified atom stereocenters. The number of carbonyl (C=O) groups is 1. The lowest BCUT2D eigenvalue weighted by Crippen LogP contribution is -2.54. The summed E-state index contributed by atoms with van der Waals surface area (Å²) in [4.78, 5) is 12.8. The number of rotatable bonds is 6. The zero-order chi connectivity index (χ0) is 19.2. The second kappa shape index (κ2) is 7.02. The summed E-state index contributed by atoms with van der Waals surface area (Å²) in [5.74, 6) is 1.59. The molecular weight excluding hydrogens is 416 g/mol. The first-order valence-corrected chi connectivity index (χ1v) is 10.6. The molecule has 6 heteroatoms. The number of para-hydroxylation sites is 1. The Morgan fingerprint density at radius 3 is 2.56 bits per heavy atom. The molecule has 5 rings (SSSR count). The van der Waals surface area contributed by atoms with Gasteiger partial charge in [0.25, 0.3) is 0 Å². The van der Waals surface area contributed by atoms with Crippen molar-refractivity contribution >= 4 is 21.8 Å². The van der Waals surface area contributed by atoms with Gasteiger partial charge in [-0.15, -0.1) is 0 Å². The van der Waals surface area contributed by atoms with E-state index in [0.717, 1.165) is 31.1 Å². The molecule has 4 fully saturated rings. The van der Waals surface area contributed by atoms with Crippen molar-refractivity contribution < 1.29 is 18.3 Å². The molecule has 0 aromatic heterocycles. The van der Waals surface area contributed by atoms with E-state index in [2.05, 4.69) is 26.0 Å². The average Bonchev–Trinajstić information content (AvgIpc) is 2.51. The number of alkyl halides is 3. The molecule has 0 heterocycles. The van der Waals surface area contributed by atoms with Crippen LogP contribution in [-0.2, 0) is 4.79 Å². The highest BCUT2D eigenvalue weighted by Crippen LogP contribution is 2.65. The molecule has 27 heavy (non-hydrogen) atoms. The van der Waals surface area contributed by atoms with Gasteiger partial charge in [-0.3, -0.25) is 4.79 Å². The van der Waals surface area contributed by atoms with Crippen molar-refractivity contribution in [1.29, 1.82) is 0 Å². The third-order valence-electron chi connectivity index (χ3n) is 6.63. The van der Waals surface area contributed by atoms with Crippen LogP contribution in [0.25, 0.3) is 0 Å². The van der Waals surface area contributed by atoms with E-state index in [0.29, 0.717) is 12.0 Å². The highest BCUT2D eigenvalue weighted by atomic mass is 79.9. The number of nitrogens with one attached hydrogen (secondary N) is 1. The zero-order valence-corrected chi connectivity index (χ0v) is 17.1. The minimum absolute atomic E-state index is 0.00685. The number of carbonyl (C=O) groups excluding carboxylic acids is 1. The van der Waals surface area contributed by atoms with Gasteiger partial charge in [0, 0.05) is 16.3 Å². The van der Waals surface area contributed by atoms with Gasteiger partial charge in [-0.05, 0) is 68.8 Å². The zero-order valence-electron chi connectivity index (χ0n) is 15.5. The normalized spacial score (nSPS) is 35.3. The van der Waals surface area contributed by atoms with Gasteiger partial charge in [0.15, 0.2) is 0 Å². The van der Waals surface area contributed by atoms with Gasteiger partial charge in [0.05, 0.1) is 6.04 Å². The van der Waals surface area contributed by atoms with Crippen LogP contribution in [0.4, 0.5) is 8.78 Å². The molecule has 3 atom stereocenters. The fraction of sp³-hybridized carbons (Fsp3) is 0.667. The number of ether oxygens (including phenoxy) is 1. The number of hydrogen-bond donors (Lipinski definition) is 1. The number of amides is 1. The Labute approximate surface area is 167 Å². The number of hydrogen-bond acceptors (Lipinski definition) is 2. The summed E-state index contributed by atoms with van der Waals surface area (Å²) >= 11 is 3.98. The SMILES string of the molecule is C[C@H](NC(=O)CC12C[C@H]3C[C@@H](CC(Br)(C3)C1)C2)c1ccccc1OC(F)F. The third kappa shape index (κ3) is 4.01. The van der Waals surface area contributed by atoms with Gasteiger partial charge >= 0.3 is 6.61 Å². The Bertz CT molecular complexity index is 712. The predicted molar refractivity (Wildman–Crippen MR) is 103 cm³/mol. The topological polar surface area (TPSA) is 38.3 Å². The van der Waals surface area contributed by atoms with Crippen LogP contribution in [0.15, 0.2) is 24.3 Å². The van der Waals surface area contributed by atoms with Gasteiger partial charge in [-0.2, -0.15) is 8.78 Å². The Hall–Kier alpha value is -1.17. The van der Waals surface area contributed by atoms with E-state index in [1.54, 1.807) is 18.2 Å². The maximum absolute atomic E-state index is 12.8. The minimum Gasteiger partial charge on any atom is -0.434 e. The minimum atomic E-state index is -2.88. The lowest BCUT2D eigenvalue weighted by atomic mass is 9.48. The van der Waals surface area contributed by atoms with Crippen molar-refractivity contribution in [2.24, 2.45) is 17.3 Å². The van der Waals surface area contributed by atoms with Crippen LogP contribution < -0.4 is 10.1 Å². The summed E-state index contributed by atoms with van der Waals surface area (Å²) in [6.07, 6.45) is 7.66. The quantitative estimate of drug-likeness (QED) is 0.584. The molecule has 4 saturated carbocycles. The molecule has 3 nitrogen and oxygen atoms in total. The lowest BCUT2D eigenvalue weighted by Gasteiger charge is -2.60. The van der Waals surface area contributed by atoms with Crippen LogP contribution in [0.2, 0.25) is 0 Å². The first-order chi connectivity index (χ1) is 12.8. The first-order valence-electron chi connectivity index (χ1n) is 9.78. The van der Waals surface area contributed by atoms with Gasteiger partial charge in [-0.25, -0.2) is 0 Å². The standard InChI is InChI=1S/C21H26BrF2NO2/c1-13(16-4-2-3-5-17(16)27-19(23)24)25-18(26)11-20-7-14-6-15(8-20)10-21(22,9-14)12-20/h2-5,13-15,19H,6-12H2,1H3,(H,25,26)/t13-,14+,15+,20?,21?/m0/s1. The van der Waals surface area contributed by atoms with Crippen LogP contribution in [-0.4, -0.2) is 16.8 Å². The lowest BCUT2D eigenvalue weighted by molar-refractivity contribution is -0.128. The molecule has 0 saturated heterocycles. The van der Waals surface area contributed by atoms with E-state index in [4.69, 9.17) is 0 Å². The summed E-state index contributed by atoms with van der Waals surface area (Å²) < 4.78 is 30.1. The van der Waals surface area contributed by atoms with E-state index in [-0.39, 0.29) is 27.4 Å². The first kappa shape index (κ1) is 19.2. The molecule has 4 aliphatic rings.